The molecule has 59 heavy (non-hydrogen) atoms. The zero-order valence-corrected chi connectivity index (χ0v) is 33.2. The topological polar surface area (TPSA) is 3.24 Å². The molecule has 0 saturated heterocycles. The molecule has 0 bridgehead atoms. The molecule has 0 spiro atoms. The van der Waals surface area contributed by atoms with E-state index >= 15 is 0 Å². The Kier molecular flexibility index (Phi) is 7.26. The highest BCUT2D eigenvalue weighted by Gasteiger charge is 2.46. The molecule has 0 saturated carbocycles. The zero-order valence-electron chi connectivity index (χ0n) is 33.2. The highest BCUT2D eigenvalue weighted by atomic mass is 15.1. The molecule has 278 valence electrons. The fourth-order valence-corrected chi connectivity index (χ4v) is 11.0. The third-order valence-electron chi connectivity index (χ3n) is 13.5. The van der Waals surface area contributed by atoms with Crippen molar-refractivity contribution in [2.45, 2.75) is 24.7 Å². The Balaban J connectivity index is 1.18. The Morgan fingerprint density at radius 3 is 1.42 bits per heavy atom. The van der Waals surface area contributed by atoms with Crippen LogP contribution < -0.4 is 4.90 Å². The Morgan fingerprint density at radius 2 is 0.780 bits per heavy atom. The highest BCUT2D eigenvalue weighted by molar-refractivity contribution is 6.25. The van der Waals surface area contributed by atoms with Gasteiger partial charge in [-0.15, -0.1) is 0 Å². The molecule has 10 aromatic carbocycles. The summed E-state index contributed by atoms with van der Waals surface area (Å²) >= 11 is 0. The van der Waals surface area contributed by atoms with Gasteiger partial charge in [-0.25, -0.2) is 0 Å². The third kappa shape index (κ3) is 4.67. The Labute approximate surface area is 345 Å². The van der Waals surface area contributed by atoms with Crippen LogP contribution in [0.4, 0.5) is 17.1 Å². The Hall–Kier alpha value is -7.22. The van der Waals surface area contributed by atoms with Crippen molar-refractivity contribution in [3.05, 3.63) is 246 Å². The lowest BCUT2D eigenvalue weighted by Gasteiger charge is -2.36. The normalized spacial score (nSPS) is 14.2. The van der Waals surface area contributed by atoms with Crippen molar-refractivity contribution >= 4 is 49.4 Å². The van der Waals surface area contributed by atoms with Crippen molar-refractivity contribution in [1.82, 2.24) is 0 Å². The monoisotopic (exact) mass is 751 g/mol. The summed E-state index contributed by atoms with van der Waals surface area (Å²) in [5.41, 5.74) is 15.8. The standard InChI is InChI=1S/C58H41N/c1-57(2)52-29-15-13-27-48(52)50-28-17-31-55(56(50)57)59(40-32-34-46-44-24-10-9-22-42(44)43-23-11-12-25-45(43)51(46)36-40)41-33-35-49-47-26-14-16-30-53(47)58(54(49)37-41,38-18-5-3-6-19-38)39-20-7-4-8-21-39/h3-37H,1-2H3. The van der Waals surface area contributed by atoms with E-state index in [4.69, 9.17) is 0 Å². The van der Waals surface area contributed by atoms with Crippen LogP contribution in [0.5, 0.6) is 0 Å². The first-order chi connectivity index (χ1) is 29.0. The molecular formula is C58H41N. The lowest BCUT2D eigenvalue weighted by molar-refractivity contribution is 0.661. The van der Waals surface area contributed by atoms with Gasteiger partial charge in [0.25, 0.3) is 0 Å². The van der Waals surface area contributed by atoms with E-state index in [9.17, 15) is 0 Å². The summed E-state index contributed by atoms with van der Waals surface area (Å²) in [6, 6.07) is 79.4. The SMILES string of the molecule is CC1(C)c2ccccc2-c2cccc(N(c3ccc4c(c3)C(c3ccccc3)(c3ccccc3)c3ccccc3-4)c3ccc4c5ccccc5c5ccccc5c4c3)c21. The van der Waals surface area contributed by atoms with Crippen molar-refractivity contribution in [3.8, 4) is 22.3 Å². The Bertz CT molecular complexity index is 3230. The zero-order chi connectivity index (χ0) is 39.3. The van der Waals surface area contributed by atoms with E-state index in [2.05, 4.69) is 231 Å². The minimum atomic E-state index is -0.511. The summed E-state index contributed by atoms with van der Waals surface area (Å²) in [5.74, 6) is 0. The molecule has 0 aromatic heterocycles. The average Bonchev–Trinajstić information content (AvgIpc) is 3.73. The summed E-state index contributed by atoms with van der Waals surface area (Å²) < 4.78 is 0. The van der Waals surface area contributed by atoms with Crippen LogP contribution in [-0.2, 0) is 10.8 Å². The molecule has 1 nitrogen and oxygen atoms in total. The molecule has 0 aliphatic heterocycles. The van der Waals surface area contributed by atoms with Gasteiger partial charge in [-0.05, 0) is 118 Å². The lowest BCUT2D eigenvalue weighted by Crippen LogP contribution is -2.28. The van der Waals surface area contributed by atoms with E-state index in [-0.39, 0.29) is 5.41 Å². The van der Waals surface area contributed by atoms with Gasteiger partial charge in [0.15, 0.2) is 0 Å². The summed E-state index contributed by atoms with van der Waals surface area (Å²) in [7, 11) is 0. The molecule has 0 unspecified atom stereocenters. The van der Waals surface area contributed by atoms with Gasteiger partial charge in [-0.3, -0.25) is 0 Å². The van der Waals surface area contributed by atoms with Crippen molar-refractivity contribution in [1.29, 1.82) is 0 Å². The van der Waals surface area contributed by atoms with Gasteiger partial charge in [0.1, 0.15) is 0 Å². The van der Waals surface area contributed by atoms with Gasteiger partial charge in [0, 0.05) is 16.8 Å². The maximum atomic E-state index is 2.56. The van der Waals surface area contributed by atoms with Crippen LogP contribution >= 0.6 is 0 Å². The van der Waals surface area contributed by atoms with Gasteiger partial charge in [0.05, 0.1) is 11.1 Å². The van der Waals surface area contributed by atoms with Gasteiger partial charge in [-0.1, -0.05) is 196 Å². The third-order valence-corrected chi connectivity index (χ3v) is 13.5. The number of hydrogen-bond donors (Lipinski definition) is 0. The number of anilines is 3. The van der Waals surface area contributed by atoms with E-state index in [1.165, 1.54) is 93.6 Å². The summed E-state index contributed by atoms with van der Waals surface area (Å²) in [5, 5.41) is 7.64. The van der Waals surface area contributed by atoms with Crippen LogP contribution in [0, 0.1) is 0 Å². The minimum Gasteiger partial charge on any atom is -0.310 e. The van der Waals surface area contributed by atoms with Crippen molar-refractivity contribution in [2.24, 2.45) is 0 Å². The van der Waals surface area contributed by atoms with Crippen LogP contribution in [0.1, 0.15) is 47.2 Å². The molecule has 10 aromatic rings. The van der Waals surface area contributed by atoms with Gasteiger partial charge in [0.2, 0.25) is 0 Å². The molecule has 0 N–H and O–H groups in total. The van der Waals surface area contributed by atoms with Crippen LogP contribution in [-0.4, -0.2) is 0 Å². The van der Waals surface area contributed by atoms with E-state index < -0.39 is 5.41 Å². The summed E-state index contributed by atoms with van der Waals surface area (Å²) in [6.07, 6.45) is 0. The second-order valence-corrected chi connectivity index (χ2v) is 16.8. The second kappa shape index (κ2) is 12.6. The molecule has 0 amide bonds. The smallest absolute Gasteiger partial charge is 0.0714 e. The molecule has 0 radical (unpaired) electrons. The van der Waals surface area contributed by atoms with Gasteiger partial charge in [-0.2, -0.15) is 0 Å². The molecule has 12 rings (SSSR count). The summed E-state index contributed by atoms with van der Waals surface area (Å²) in [4.78, 5) is 2.56. The maximum Gasteiger partial charge on any atom is 0.0714 e. The first-order valence-corrected chi connectivity index (χ1v) is 20.8. The molecule has 2 aliphatic carbocycles. The molecule has 0 atom stereocenters. The van der Waals surface area contributed by atoms with Crippen LogP contribution in [0.25, 0.3) is 54.6 Å². The predicted molar refractivity (Wildman–Crippen MR) is 249 cm³/mol. The molecule has 0 heterocycles. The highest BCUT2D eigenvalue weighted by Crippen LogP contribution is 2.59. The molecular weight excluding hydrogens is 711 g/mol. The lowest BCUT2D eigenvalue weighted by atomic mass is 9.67. The van der Waals surface area contributed by atoms with Gasteiger partial charge < -0.3 is 4.90 Å². The van der Waals surface area contributed by atoms with Crippen LogP contribution in [0.3, 0.4) is 0 Å². The Morgan fingerprint density at radius 1 is 0.322 bits per heavy atom. The average molecular weight is 752 g/mol. The fourth-order valence-electron chi connectivity index (χ4n) is 11.0. The second-order valence-electron chi connectivity index (χ2n) is 16.8. The molecule has 2 aliphatic rings. The number of benzene rings is 10. The van der Waals surface area contributed by atoms with Crippen molar-refractivity contribution in [2.75, 3.05) is 4.90 Å². The van der Waals surface area contributed by atoms with Gasteiger partial charge >= 0.3 is 0 Å². The number of nitrogens with zero attached hydrogens (tertiary/aromatic N) is 1. The largest absolute Gasteiger partial charge is 0.310 e. The number of hydrogen-bond acceptors (Lipinski definition) is 1. The quantitative estimate of drug-likeness (QED) is 0.158. The number of fused-ring (bicyclic) bond motifs is 12. The van der Waals surface area contributed by atoms with Crippen molar-refractivity contribution in [3.63, 3.8) is 0 Å². The van der Waals surface area contributed by atoms with E-state index in [0.717, 1.165) is 11.4 Å². The predicted octanol–water partition coefficient (Wildman–Crippen LogP) is 15.3. The van der Waals surface area contributed by atoms with Crippen molar-refractivity contribution < 1.29 is 0 Å². The van der Waals surface area contributed by atoms with Crippen LogP contribution in [0.15, 0.2) is 212 Å². The maximum absolute atomic E-state index is 2.56. The first-order valence-electron chi connectivity index (χ1n) is 20.8. The summed E-state index contributed by atoms with van der Waals surface area (Å²) in [6.45, 7) is 4.79. The molecule has 1 heteroatoms. The van der Waals surface area contributed by atoms with E-state index in [0.29, 0.717) is 0 Å². The van der Waals surface area contributed by atoms with Crippen LogP contribution in [0.2, 0.25) is 0 Å². The fraction of sp³-hybridized carbons (Fsp3) is 0.0690. The number of rotatable bonds is 5. The molecule has 0 fully saturated rings. The first kappa shape index (κ1) is 33.9. The minimum absolute atomic E-state index is 0.217. The van der Waals surface area contributed by atoms with E-state index in [1.54, 1.807) is 0 Å². The van der Waals surface area contributed by atoms with E-state index in [1.807, 2.05) is 0 Å².